The predicted octanol–water partition coefficient (Wildman–Crippen LogP) is 23.3. The Hall–Kier alpha value is -2.32. The topological polar surface area (TPSA) is 108 Å². The van der Waals surface area contributed by atoms with E-state index in [1.165, 1.54) is 257 Å². The minimum absolute atomic E-state index is 0.00769. The molecule has 0 fully saturated rings. The molecule has 502 valence electrons. The fraction of sp³-hybridized carbons (Fsp3) is 0.805. The standard InChI is InChI=1S/C77H143N2O6P/c1-6-8-10-12-14-16-18-20-22-24-26-28-30-32-34-36-38-39-41-43-45-47-49-51-53-55-57-59-61-63-65-67-69-71-77(81)78-75(74-85-86(82,83)84-73-72-79(3,4)5)76(80)70-68-66-64-62-60-58-56-54-52-50-48-46-44-42-40-37-35-33-31-29-27-25-23-21-19-17-15-13-11-9-7-2/h8,10,14,16,20,22,26,28,32,34,60,62,68,70,75-76,80H,6-7,9,11-13,15,17-19,21,23-25,27,29-31,33,35-59,61,63-67,69,71-74H2,1-5H3,(H-,78,81,82,83)/b10-8-,16-14-,22-20-,28-26-,34-32-,62-60+,70-68+. The molecule has 0 aromatic carbocycles. The van der Waals surface area contributed by atoms with E-state index in [9.17, 15) is 19.4 Å². The molecular formula is C77H143N2O6P. The second kappa shape index (κ2) is 67.1. The van der Waals surface area contributed by atoms with E-state index in [0.717, 1.165) is 70.6 Å². The van der Waals surface area contributed by atoms with E-state index in [1.807, 2.05) is 27.2 Å². The molecular weight excluding hydrogens is 1080 g/mol. The number of aliphatic hydroxyl groups excluding tert-OH is 1. The summed E-state index contributed by atoms with van der Waals surface area (Å²) < 4.78 is 23.5. The van der Waals surface area contributed by atoms with E-state index in [0.29, 0.717) is 17.4 Å². The third-order valence-corrected chi connectivity index (χ3v) is 17.6. The molecule has 3 atom stereocenters. The maximum absolute atomic E-state index is 13.1. The van der Waals surface area contributed by atoms with E-state index in [2.05, 4.69) is 92.1 Å². The number of likely N-dealkylation sites (N-methyl/N-ethyl adjacent to an activating group) is 1. The number of rotatable bonds is 68. The fourth-order valence-electron chi connectivity index (χ4n) is 10.9. The molecule has 0 heterocycles. The third kappa shape index (κ3) is 69.2. The van der Waals surface area contributed by atoms with Crippen LogP contribution in [0.15, 0.2) is 85.1 Å². The maximum atomic E-state index is 13.1. The number of hydrogen-bond acceptors (Lipinski definition) is 6. The Morgan fingerprint density at radius 2 is 0.721 bits per heavy atom. The van der Waals surface area contributed by atoms with Gasteiger partial charge < -0.3 is 28.8 Å². The van der Waals surface area contributed by atoms with Crippen molar-refractivity contribution in [3.05, 3.63) is 85.1 Å². The van der Waals surface area contributed by atoms with Crippen LogP contribution in [-0.2, 0) is 18.4 Å². The number of phosphoric acid groups is 1. The summed E-state index contributed by atoms with van der Waals surface area (Å²) in [6.07, 6.45) is 95.8. The number of unbranched alkanes of at least 4 members (excludes halogenated alkanes) is 43. The van der Waals surface area contributed by atoms with Crippen molar-refractivity contribution in [1.82, 2.24) is 5.32 Å². The average molecular weight is 1220 g/mol. The van der Waals surface area contributed by atoms with Gasteiger partial charge in [0, 0.05) is 6.42 Å². The van der Waals surface area contributed by atoms with Crippen molar-refractivity contribution in [3.8, 4) is 0 Å². The number of nitrogens with one attached hydrogen (secondary N) is 1. The molecule has 0 aliphatic carbocycles. The second-order valence-electron chi connectivity index (χ2n) is 26.3. The highest BCUT2D eigenvalue weighted by Gasteiger charge is 2.23. The SMILES string of the molecule is CC/C=C\C/C=C\C/C=C\C/C=C\C/C=C\CCCCCCCCCCCCCCCCCCCC(=O)NC(COP(=O)([O-])OCC[N+](C)(C)C)C(O)/C=C/CC/C=C/CCCCCCCCCCCCCCCCCCCCCCCCCCC. The first-order valence-corrected chi connectivity index (χ1v) is 38.4. The summed E-state index contributed by atoms with van der Waals surface area (Å²) in [7, 11) is 1.25. The number of phosphoric ester groups is 1. The summed E-state index contributed by atoms with van der Waals surface area (Å²) in [5.41, 5.74) is 0. The smallest absolute Gasteiger partial charge is 0.268 e. The summed E-state index contributed by atoms with van der Waals surface area (Å²) >= 11 is 0. The number of quaternary nitrogens is 1. The average Bonchev–Trinajstić information content (AvgIpc) is 3.70. The van der Waals surface area contributed by atoms with Crippen LogP contribution in [0.1, 0.15) is 348 Å². The first-order valence-electron chi connectivity index (χ1n) is 36.9. The number of carbonyl (C=O) groups excluding carboxylic acids is 1. The number of nitrogens with zero attached hydrogens (tertiary/aromatic N) is 1. The van der Waals surface area contributed by atoms with Gasteiger partial charge in [0.05, 0.1) is 39.9 Å². The zero-order chi connectivity index (χ0) is 62.6. The zero-order valence-corrected chi connectivity index (χ0v) is 58.4. The molecule has 0 saturated carbocycles. The number of carbonyl (C=O) groups is 1. The molecule has 86 heavy (non-hydrogen) atoms. The van der Waals surface area contributed by atoms with Gasteiger partial charge in [-0.1, -0.05) is 349 Å². The lowest BCUT2D eigenvalue weighted by Crippen LogP contribution is -2.45. The van der Waals surface area contributed by atoms with E-state index in [4.69, 9.17) is 9.05 Å². The maximum Gasteiger partial charge on any atom is 0.268 e. The summed E-state index contributed by atoms with van der Waals surface area (Å²) in [6, 6.07) is -0.909. The molecule has 0 radical (unpaired) electrons. The molecule has 0 bridgehead atoms. The molecule has 2 N–H and O–H groups in total. The van der Waals surface area contributed by atoms with E-state index < -0.39 is 26.6 Å². The summed E-state index contributed by atoms with van der Waals surface area (Å²) in [6.45, 7) is 4.56. The van der Waals surface area contributed by atoms with Crippen LogP contribution in [0.4, 0.5) is 0 Å². The van der Waals surface area contributed by atoms with Crippen molar-refractivity contribution in [2.75, 3.05) is 40.9 Å². The molecule has 3 unspecified atom stereocenters. The van der Waals surface area contributed by atoms with Gasteiger partial charge in [0.1, 0.15) is 13.2 Å². The molecule has 0 saturated heterocycles. The van der Waals surface area contributed by atoms with Gasteiger partial charge in [-0.3, -0.25) is 9.36 Å². The Bertz CT molecular complexity index is 1680. The Balaban J connectivity index is 4.06. The predicted molar refractivity (Wildman–Crippen MR) is 376 cm³/mol. The van der Waals surface area contributed by atoms with Gasteiger partial charge in [-0.2, -0.15) is 0 Å². The van der Waals surface area contributed by atoms with E-state index in [-0.39, 0.29) is 12.5 Å². The van der Waals surface area contributed by atoms with Crippen LogP contribution in [0.3, 0.4) is 0 Å². The summed E-state index contributed by atoms with van der Waals surface area (Å²) in [5.74, 6) is -0.204. The second-order valence-corrected chi connectivity index (χ2v) is 27.7. The van der Waals surface area contributed by atoms with Crippen LogP contribution in [0.5, 0.6) is 0 Å². The Morgan fingerprint density at radius 3 is 1.08 bits per heavy atom. The quantitative estimate of drug-likeness (QED) is 0.0272. The van der Waals surface area contributed by atoms with Crippen molar-refractivity contribution < 1.29 is 32.9 Å². The summed E-state index contributed by atoms with van der Waals surface area (Å²) in [4.78, 5) is 25.7. The first-order chi connectivity index (χ1) is 42.0. The third-order valence-electron chi connectivity index (χ3n) is 16.6. The monoisotopic (exact) mass is 1220 g/mol. The van der Waals surface area contributed by atoms with Crippen molar-refractivity contribution >= 4 is 13.7 Å². The number of hydrogen-bond donors (Lipinski definition) is 2. The highest BCUT2D eigenvalue weighted by atomic mass is 31.2. The molecule has 1 amide bonds. The lowest BCUT2D eigenvalue weighted by atomic mass is 10.0. The fourth-order valence-corrected chi connectivity index (χ4v) is 11.6. The van der Waals surface area contributed by atoms with E-state index in [1.54, 1.807) is 6.08 Å². The van der Waals surface area contributed by atoms with Crippen molar-refractivity contribution in [2.45, 2.75) is 360 Å². The van der Waals surface area contributed by atoms with Gasteiger partial charge in [0.25, 0.3) is 7.82 Å². The van der Waals surface area contributed by atoms with Crippen LogP contribution in [-0.4, -0.2) is 68.5 Å². The van der Waals surface area contributed by atoms with Gasteiger partial charge in [-0.25, -0.2) is 0 Å². The molecule has 0 spiro atoms. The molecule has 0 aromatic heterocycles. The van der Waals surface area contributed by atoms with Crippen LogP contribution in [0.2, 0.25) is 0 Å². The summed E-state index contributed by atoms with van der Waals surface area (Å²) in [5, 5.41) is 14.0. The van der Waals surface area contributed by atoms with Crippen LogP contribution >= 0.6 is 7.82 Å². The van der Waals surface area contributed by atoms with Crippen molar-refractivity contribution in [1.29, 1.82) is 0 Å². The molecule has 8 nitrogen and oxygen atoms in total. The minimum Gasteiger partial charge on any atom is -0.756 e. The van der Waals surface area contributed by atoms with Crippen LogP contribution in [0, 0.1) is 0 Å². The first kappa shape index (κ1) is 83.7. The molecule has 9 heteroatoms. The van der Waals surface area contributed by atoms with Crippen LogP contribution in [0.25, 0.3) is 0 Å². The Labute approximate surface area is 535 Å². The zero-order valence-electron chi connectivity index (χ0n) is 57.5. The lowest BCUT2D eigenvalue weighted by molar-refractivity contribution is -0.870. The number of allylic oxidation sites excluding steroid dienone is 13. The largest absolute Gasteiger partial charge is 0.756 e. The molecule has 0 aliphatic rings. The molecule has 0 aromatic rings. The highest BCUT2D eigenvalue weighted by molar-refractivity contribution is 7.45. The van der Waals surface area contributed by atoms with E-state index >= 15 is 0 Å². The number of amides is 1. The Morgan fingerprint density at radius 1 is 0.419 bits per heavy atom. The van der Waals surface area contributed by atoms with Gasteiger partial charge in [0.15, 0.2) is 0 Å². The van der Waals surface area contributed by atoms with Gasteiger partial charge >= 0.3 is 0 Å². The van der Waals surface area contributed by atoms with Crippen LogP contribution < -0.4 is 10.2 Å². The number of aliphatic hydroxyl groups is 1. The lowest BCUT2D eigenvalue weighted by Gasteiger charge is -2.29. The molecule has 0 rings (SSSR count). The normalized spacial score (nSPS) is 14.1. The van der Waals surface area contributed by atoms with Gasteiger partial charge in [-0.05, 0) is 77.0 Å². The van der Waals surface area contributed by atoms with Crippen molar-refractivity contribution in [2.24, 2.45) is 0 Å². The van der Waals surface area contributed by atoms with Gasteiger partial charge in [-0.15, -0.1) is 0 Å². The minimum atomic E-state index is -4.62. The highest BCUT2D eigenvalue weighted by Crippen LogP contribution is 2.38. The molecule has 0 aliphatic heterocycles. The van der Waals surface area contributed by atoms with Crippen molar-refractivity contribution in [3.63, 3.8) is 0 Å². The Kier molecular flexibility index (Phi) is 65.3. The van der Waals surface area contributed by atoms with Gasteiger partial charge in [0.2, 0.25) is 5.91 Å².